The van der Waals surface area contributed by atoms with Gasteiger partial charge >= 0.3 is 0 Å². The second kappa shape index (κ2) is 16.2. The monoisotopic (exact) mass is 202 g/mol. The summed E-state index contributed by atoms with van der Waals surface area (Å²) in [5, 5.41) is 0. The summed E-state index contributed by atoms with van der Waals surface area (Å²) in [5.74, 6) is 3.68. The van der Waals surface area contributed by atoms with E-state index < -0.39 is 0 Å². The third-order valence-electron chi connectivity index (χ3n) is 0.416. The predicted octanol–water partition coefficient (Wildman–Crippen LogP) is 2.08. The van der Waals surface area contributed by atoms with Crippen LogP contribution in [0.15, 0.2) is 0 Å². The van der Waals surface area contributed by atoms with E-state index in [9.17, 15) is 0 Å². The molecule has 0 spiro atoms. The average Bonchev–Trinajstić information content (AvgIpc) is 1.91. The van der Waals surface area contributed by atoms with Crippen LogP contribution in [-0.4, -0.2) is 23.0 Å². The highest BCUT2D eigenvalue weighted by Gasteiger charge is 1.69. The lowest BCUT2D eigenvalue weighted by molar-refractivity contribution is 1.14. The van der Waals surface area contributed by atoms with Gasteiger partial charge in [-0.25, -0.2) is 0 Å². The van der Waals surface area contributed by atoms with E-state index in [-0.39, 0.29) is 0 Å². The molecule has 0 radical (unpaired) electrons. The molecule has 9 heavy (non-hydrogen) atoms. The summed E-state index contributed by atoms with van der Waals surface area (Å²) < 4.78 is 0. The van der Waals surface area contributed by atoms with Crippen molar-refractivity contribution in [3.63, 3.8) is 0 Å². The SMILES string of the molecule is SCCCS.SCCS. The zero-order valence-corrected chi connectivity index (χ0v) is 8.90. The topological polar surface area (TPSA) is 0 Å². The molecule has 0 fully saturated rings. The summed E-state index contributed by atoms with van der Waals surface area (Å²) in [6.07, 6.45) is 1.12. The second-order valence-corrected chi connectivity index (χ2v) is 3.04. The van der Waals surface area contributed by atoms with Gasteiger partial charge in [-0.1, -0.05) is 0 Å². The molecule has 0 amide bonds. The fourth-order valence-electron chi connectivity index (χ4n) is 0.0707. The molecule has 0 aliphatic rings. The molecule has 0 unspecified atom stereocenters. The minimum atomic E-state index is 0.878. The molecule has 0 N–H and O–H groups in total. The van der Waals surface area contributed by atoms with E-state index in [2.05, 4.69) is 50.5 Å². The first kappa shape index (κ1) is 13.0. The molecule has 58 valence electrons. The Labute approximate surface area is 79.8 Å². The normalized spacial score (nSPS) is 8.00. The fourth-order valence-corrected chi connectivity index (χ4v) is 0.636. The van der Waals surface area contributed by atoms with Gasteiger partial charge in [0.1, 0.15) is 0 Å². The van der Waals surface area contributed by atoms with E-state index in [1.165, 1.54) is 0 Å². The molecule has 0 aliphatic carbocycles. The van der Waals surface area contributed by atoms with E-state index in [0.717, 1.165) is 29.4 Å². The smallest absolute Gasteiger partial charge is 0.000932 e. The van der Waals surface area contributed by atoms with Gasteiger partial charge in [0.15, 0.2) is 0 Å². The molecule has 0 aromatic rings. The highest BCUT2D eigenvalue weighted by Crippen LogP contribution is 1.83. The van der Waals surface area contributed by atoms with Gasteiger partial charge in [0.05, 0.1) is 0 Å². The van der Waals surface area contributed by atoms with Crippen molar-refractivity contribution in [2.75, 3.05) is 23.0 Å². The van der Waals surface area contributed by atoms with Crippen LogP contribution in [0, 0.1) is 0 Å². The third kappa shape index (κ3) is 26.6. The Hall–Kier alpha value is 1.40. The van der Waals surface area contributed by atoms with Crippen molar-refractivity contribution in [3.05, 3.63) is 0 Å². The standard InChI is InChI=1S/C3H8S2.C2H6S2/c4-2-1-3-5;3-1-2-4/h4-5H,1-3H2;3-4H,1-2H2. The average molecular weight is 202 g/mol. The predicted molar refractivity (Wildman–Crippen MR) is 60.0 cm³/mol. The van der Waals surface area contributed by atoms with Gasteiger partial charge in [0.25, 0.3) is 0 Å². The molecule has 0 aromatic carbocycles. The van der Waals surface area contributed by atoms with Crippen molar-refractivity contribution in [1.82, 2.24) is 0 Å². The Bertz CT molecular complexity index is 28.1. The lowest BCUT2D eigenvalue weighted by atomic mass is 10.6. The number of rotatable bonds is 3. The van der Waals surface area contributed by atoms with E-state index in [1.54, 1.807) is 0 Å². The van der Waals surface area contributed by atoms with Crippen molar-refractivity contribution in [3.8, 4) is 0 Å². The van der Waals surface area contributed by atoms with Crippen molar-refractivity contribution < 1.29 is 0 Å². The second-order valence-electron chi connectivity index (χ2n) is 1.25. The van der Waals surface area contributed by atoms with E-state index in [0.29, 0.717) is 0 Å². The summed E-state index contributed by atoms with van der Waals surface area (Å²) >= 11 is 15.6. The highest BCUT2D eigenvalue weighted by atomic mass is 32.1. The summed E-state index contributed by atoms with van der Waals surface area (Å²) in [7, 11) is 0. The summed E-state index contributed by atoms with van der Waals surface area (Å²) in [6.45, 7) is 0. The third-order valence-corrected chi connectivity index (χ3v) is 1.85. The van der Waals surface area contributed by atoms with Crippen molar-refractivity contribution in [1.29, 1.82) is 0 Å². The minimum Gasteiger partial charge on any atom is -0.179 e. The van der Waals surface area contributed by atoms with Gasteiger partial charge in [-0.05, 0) is 29.4 Å². The maximum absolute atomic E-state index is 3.95. The van der Waals surface area contributed by atoms with Gasteiger partial charge in [-0.3, -0.25) is 0 Å². The molecule has 0 nitrogen and oxygen atoms in total. The summed E-state index contributed by atoms with van der Waals surface area (Å²) in [6, 6.07) is 0. The van der Waals surface area contributed by atoms with Crippen molar-refractivity contribution in [2.24, 2.45) is 0 Å². The lowest BCUT2D eigenvalue weighted by Gasteiger charge is -1.78. The Morgan fingerprint density at radius 2 is 0.889 bits per heavy atom. The van der Waals surface area contributed by atoms with E-state index >= 15 is 0 Å². The van der Waals surface area contributed by atoms with E-state index in [1.807, 2.05) is 0 Å². The highest BCUT2D eigenvalue weighted by molar-refractivity contribution is 7.84. The van der Waals surface area contributed by atoms with Crippen molar-refractivity contribution in [2.45, 2.75) is 6.42 Å². The number of hydrogen-bond donors (Lipinski definition) is 4. The number of hydrogen-bond acceptors (Lipinski definition) is 4. The number of thiol groups is 4. The van der Waals surface area contributed by atoms with Crippen LogP contribution in [0.3, 0.4) is 0 Å². The summed E-state index contributed by atoms with van der Waals surface area (Å²) in [5.41, 5.74) is 0. The first-order valence-corrected chi connectivity index (χ1v) is 5.29. The summed E-state index contributed by atoms with van der Waals surface area (Å²) in [4.78, 5) is 0. The first-order valence-electron chi connectivity index (χ1n) is 2.76. The molecule has 0 saturated heterocycles. The maximum atomic E-state index is 3.95. The van der Waals surface area contributed by atoms with Crippen LogP contribution in [0.1, 0.15) is 6.42 Å². The van der Waals surface area contributed by atoms with E-state index in [4.69, 9.17) is 0 Å². The van der Waals surface area contributed by atoms with Crippen LogP contribution in [-0.2, 0) is 0 Å². The van der Waals surface area contributed by atoms with Gasteiger partial charge in [0, 0.05) is 0 Å². The molecule has 0 aromatic heterocycles. The fraction of sp³-hybridized carbons (Fsp3) is 1.00. The van der Waals surface area contributed by atoms with Crippen LogP contribution >= 0.6 is 50.5 Å². The Balaban J connectivity index is 0. The van der Waals surface area contributed by atoms with Crippen molar-refractivity contribution >= 4 is 50.5 Å². The lowest BCUT2D eigenvalue weighted by Crippen LogP contribution is -1.71. The molecule has 0 saturated carbocycles. The molecule has 0 rings (SSSR count). The van der Waals surface area contributed by atoms with Crippen LogP contribution in [0.4, 0.5) is 0 Å². The largest absolute Gasteiger partial charge is 0.179 e. The van der Waals surface area contributed by atoms with Crippen LogP contribution < -0.4 is 0 Å². The van der Waals surface area contributed by atoms with Gasteiger partial charge in [-0.15, -0.1) is 0 Å². The van der Waals surface area contributed by atoms with Gasteiger partial charge < -0.3 is 0 Å². The van der Waals surface area contributed by atoms with Gasteiger partial charge in [0.2, 0.25) is 0 Å². The Morgan fingerprint density at radius 3 is 0.889 bits per heavy atom. The first-order chi connectivity index (χ1) is 4.33. The molecular weight excluding hydrogens is 188 g/mol. The Morgan fingerprint density at radius 1 is 0.556 bits per heavy atom. The molecular formula is C5H14S4. The quantitative estimate of drug-likeness (QED) is 0.495. The Kier molecular flexibility index (Phi) is 23.4. The maximum Gasteiger partial charge on any atom is -0.000932 e. The zero-order chi connectivity index (χ0) is 7.54. The van der Waals surface area contributed by atoms with Crippen LogP contribution in [0.5, 0.6) is 0 Å². The zero-order valence-electron chi connectivity index (χ0n) is 5.32. The molecule has 0 aliphatic heterocycles. The minimum absolute atomic E-state index is 0.878. The molecule has 0 heterocycles. The van der Waals surface area contributed by atoms with Crippen LogP contribution in [0.2, 0.25) is 0 Å². The molecule has 4 heteroatoms. The van der Waals surface area contributed by atoms with Crippen LogP contribution in [0.25, 0.3) is 0 Å². The van der Waals surface area contributed by atoms with Gasteiger partial charge in [-0.2, -0.15) is 50.5 Å². The molecule has 0 bridgehead atoms. The molecule has 0 atom stereocenters.